The molecule has 2 heterocycles. The fourth-order valence-electron chi connectivity index (χ4n) is 2.87. The first-order chi connectivity index (χ1) is 10.2. The normalized spacial score (nSPS) is 22.1. The summed E-state index contributed by atoms with van der Waals surface area (Å²) in [6.45, 7) is 3.19. The highest BCUT2D eigenvalue weighted by Gasteiger charge is 2.22. The van der Waals surface area contributed by atoms with Crippen LogP contribution in [0.4, 0.5) is 11.4 Å². The maximum Gasteiger partial charge on any atom is 0.278 e. The standard InChI is InChI=1S/C15H18N4O2/c1-10-12(5-3-8-16-10)18-13-6-7-14(19(20)21)11-4-2-9-17-15(11)13/h2,4,6-7,9-10,12,16,18H,3,5,8H2,1H3. The number of nitrogens with zero attached hydrogens (tertiary/aromatic N) is 2. The lowest BCUT2D eigenvalue weighted by Gasteiger charge is -2.31. The van der Waals surface area contributed by atoms with E-state index in [1.165, 1.54) is 0 Å². The molecule has 0 saturated carbocycles. The van der Waals surface area contributed by atoms with Crippen LogP contribution in [0.15, 0.2) is 30.5 Å². The van der Waals surface area contributed by atoms with Crippen LogP contribution in [0.2, 0.25) is 0 Å². The second-order valence-electron chi connectivity index (χ2n) is 5.42. The van der Waals surface area contributed by atoms with Crippen molar-refractivity contribution in [2.24, 2.45) is 0 Å². The molecule has 0 amide bonds. The van der Waals surface area contributed by atoms with E-state index in [0.717, 1.165) is 25.1 Å². The van der Waals surface area contributed by atoms with E-state index in [2.05, 4.69) is 22.5 Å². The van der Waals surface area contributed by atoms with Crippen LogP contribution in [-0.2, 0) is 0 Å². The Bertz CT molecular complexity index is 674. The molecule has 1 aliphatic heterocycles. The SMILES string of the molecule is CC1NCCCC1Nc1ccc([N+](=O)[O-])c2cccnc12. The topological polar surface area (TPSA) is 80.1 Å². The molecule has 1 aromatic heterocycles. The van der Waals surface area contributed by atoms with Gasteiger partial charge in [0.1, 0.15) is 5.52 Å². The third kappa shape index (κ3) is 2.67. The van der Waals surface area contributed by atoms with E-state index >= 15 is 0 Å². The van der Waals surface area contributed by atoms with E-state index in [1.807, 2.05) is 0 Å². The van der Waals surface area contributed by atoms with Crippen LogP contribution >= 0.6 is 0 Å². The van der Waals surface area contributed by atoms with Gasteiger partial charge in [-0.2, -0.15) is 0 Å². The zero-order chi connectivity index (χ0) is 14.8. The Labute approximate surface area is 122 Å². The number of benzene rings is 1. The molecule has 0 spiro atoms. The van der Waals surface area contributed by atoms with E-state index in [1.54, 1.807) is 30.5 Å². The summed E-state index contributed by atoms with van der Waals surface area (Å²) in [7, 11) is 0. The number of anilines is 1. The van der Waals surface area contributed by atoms with E-state index in [0.29, 0.717) is 23.0 Å². The van der Waals surface area contributed by atoms with Gasteiger partial charge in [-0.05, 0) is 44.5 Å². The number of rotatable bonds is 3. The molecule has 2 unspecified atom stereocenters. The Kier molecular flexibility index (Phi) is 3.70. The zero-order valence-electron chi connectivity index (χ0n) is 11.9. The third-order valence-corrected chi connectivity index (χ3v) is 4.05. The highest BCUT2D eigenvalue weighted by Crippen LogP contribution is 2.30. The van der Waals surface area contributed by atoms with Gasteiger partial charge in [0.25, 0.3) is 5.69 Å². The number of non-ortho nitro benzene ring substituents is 1. The van der Waals surface area contributed by atoms with Crippen LogP contribution in [0.3, 0.4) is 0 Å². The lowest BCUT2D eigenvalue weighted by molar-refractivity contribution is -0.383. The molecule has 6 nitrogen and oxygen atoms in total. The fraction of sp³-hybridized carbons (Fsp3) is 0.400. The molecule has 1 fully saturated rings. The van der Waals surface area contributed by atoms with Gasteiger partial charge < -0.3 is 10.6 Å². The smallest absolute Gasteiger partial charge is 0.278 e. The maximum atomic E-state index is 11.1. The first-order valence-corrected chi connectivity index (χ1v) is 7.19. The van der Waals surface area contributed by atoms with Gasteiger partial charge in [0.2, 0.25) is 0 Å². The minimum atomic E-state index is -0.363. The number of piperidine rings is 1. The largest absolute Gasteiger partial charge is 0.379 e. The Morgan fingerprint density at radius 2 is 2.29 bits per heavy atom. The van der Waals surface area contributed by atoms with E-state index in [-0.39, 0.29) is 10.6 Å². The average molecular weight is 286 g/mol. The molecule has 1 aromatic carbocycles. The predicted molar refractivity (Wildman–Crippen MR) is 82.5 cm³/mol. The molecular weight excluding hydrogens is 268 g/mol. The van der Waals surface area contributed by atoms with Crippen molar-refractivity contribution in [3.8, 4) is 0 Å². The molecule has 1 saturated heterocycles. The van der Waals surface area contributed by atoms with Gasteiger partial charge in [0.05, 0.1) is 16.0 Å². The number of nitrogens with one attached hydrogen (secondary N) is 2. The van der Waals surface area contributed by atoms with Crippen molar-refractivity contribution in [1.29, 1.82) is 0 Å². The molecule has 0 radical (unpaired) electrons. The molecule has 0 aliphatic carbocycles. The van der Waals surface area contributed by atoms with Crippen molar-refractivity contribution >= 4 is 22.3 Å². The number of pyridine rings is 1. The number of nitro groups is 1. The molecule has 0 bridgehead atoms. The zero-order valence-corrected chi connectivity index (χ0v) is 11.9. The van der Waals surface area contributed by atoms with Crippen LogP contribution in [-0.4, -0.2) is 28.5 Å². The van der Waals surface area contributed by atoms with Gasteiger partial charge in [-0.15, -0.1) is 0 Å². The molecule has 3 rings (SSSR count). The Morgan fingerprint density at radius 3 is 3.05 bits per heavy atom. The monoisotopic (exact) mass is 286 g/mol. The van der Waals surface area contributed by atoms with Gasteiger partial charge in [0.15, 0.2) is 0 Å². The molecule has 21 heavy (non-hydrogen) atoms. The van der Waals surface area contributed by atoms with Crippen molar-refractivity contribution in [3.63, 3.8) is 0 Å². The number of fused-ring (bicyclic) bond motifs is 1. The number of aromatic nitrogens is 1. The second-order valence-corrected chi connectivity index (χ2v) is 5.42. The number of hydrogen-bond acceptors (Lipinski definition) is 5. The summed E-state index contributed by atoms with van der Waals surface area (Å²) in [5.74, 6) is 0. The van der Waals surface area contributed by atoms with Crippen molar-refractivity contribution < 1.29 is 4.92 Å². The first-order valence-electron chi connectivity index (χ1n) is 7.19. The van der Waals surface area contributed by atoms with Gasteiger partial charge in [0, 0.05) is 24.3 Å². The summed E-state index contributed by atoms with van der Waals surface area (Å²) in [5.41, 5.74) is 1.61. The summed E-state index contributed by atoms with van der Waals surface area (Å²) in [6, 6.07) is 7.46. The molecule has 6 heteroatoms. The molecule has 1 aliphatic rings. The minimum Gasteiger partial charge on any atom is -0.379 e. The summed E-state index contributed by atoms with van der Waals surface area (Å²) in [5, 5.41) is 18.6. The summed E-state index contributed by atoms with van der Waals surface area (Å²) in [4.78, 5) is 15.1. The fourth-order valence-corrected chi connectivity index (χ4v) is 2.87. The van der Waals surface area contributed by atoms with Crippen LogP contribution in [0.25, 0.3) is 10.9 Å². The molecule has 2 aromatic rings. The summed E-state index contributed by atoms with van der Waals surface area (Å²) < 4.78 is 0. The minimum absolute atomic E-state index is 0.0958. The van der Waals surface area contributed by atoms with Gasteiger partial charge in [-0.25, -0.2) is 0 Å². The highest BCUT2D eigenvalue weighted by molar-refractivity contribution is 5.96. The third-order valence-electron chi connectivity index (χ3n) is 4.05. The number of hydrogen-bond donors (Lipinski definition) is 2. The van der Waals surface area contributed by atoms with Crippen molar-refractivity contribution in [3.05, 3.63) is 40.6 Å². The lowest BCUT2D eigenvalue weighted by Crippen LogP contribution is -2.46. The van der Waals surface area contributed by atoms with E-state index < -0.39 is 0 Å². The second kappa shape index (κ2) is 5.65. The summed E-state index contributed by atoms with van der Waals surface area (Å²) >= 11 is 0. The number of nitro benzene ring substituents is 1. The van der Waals surface area contributed by atoms with E-state index in [9.17, 15) is 10.1 Å². The Hall–Kier alpha value is -2.21. The van der Waals surface area contributed by atoms with Crippen molar-refractivity contribution in [1.82, 2.24) is 10.3 Å². The van der Waals surface area contributed by atoms with Crippen LogP contribution in [0.5, 0.6) is 0 Å². The quantitative estimate of drug-likeness (QED) is 0.670. The van der Waals surface area contributed by atoms with Crippen LogP contribution in [0.1, 0.15) is 19.8 Å². The molecule has 110 valence electrons. The highest BCUT2D eigenvalue weighted by atomic mass is 16.6. The molecule has 2 N–H and O–H groups in total. The van der Waals surface area contributed by atoms with Gasteiger partial charge in [-0.1, -0.05) is 0 Å². The van der Waals surface area contributed by atoms with E-state index in [4.69, 9.17) is 0 Å². The Morgan fingerprint density at radius 1 is 1.43 bits per heavy atom. The summed E-state index contributed by atoms with van der Waals surface area (Å²) in [6.07, 6.45) is 3.87. The average Bonchev–Trinajstić information content (AvgIpc) is 2.49. The van der Waals surface area contributed by atoms with Gasteiger partial charge in [-0.3, -0.25) is 15.1 Å². The van der Waals surface area contributed by atoms with Crippen molar-refractivity contribution in [2.75, 3.05) is 11.9 Å². The van der Waals surface area contributed by atoms with Crippen LogP contribution in [0, 0.1) is 10.1 Å². The molecule has 2 atom stereocenters. The first kappa shape index (κ1) is 13.8. The van der Waals surface area contributed by atoms with Crippen LogP contribution < -0.4 is 10.6 Å². The van der Waals surface area contributed by atoms with Crippen molar-refractivity contribution in [2.45, 2.75) is 31.8 Å². The maximum absolute atomic E-state index is 11.1. The predicted octanol–water partition coefficient (Wildman–Crippen LogP) is 2.70. The lowest BCUT2D eigenvalue weighted by atomic mass is 9.99. The molecular formula is C15H18N4O2. The van der Waals surface area contributed by atoms with Gasteiger partial charge >= 0.3 is 0 Å². The Balaban J connectivity index is 1.99.